The summed E-state index contributed by atoms with van der Waals surface area (Å²) in [4.78, 5) is 0. The van der Waals surface area contributed by atoms with Crippen LogP contribution in [0, 0.1) is 0 Å². The van der Waals surface area contributed by atoms with Gasteiger partial charge >= 0.3 is 23.6 Å². The maximum absolute atomic E-state index is 8.61. The Morgan fingerprint density at radius 2 is 1.75 bits per heavy atom. The number of hydrogen-bond acceptors (Lipinski definition) is 1. The van der Waals surface area contributed by atoms with Crippen LogP contribution >= 0.6 is 0 Å². The Labute approximate surface area is 29.2 Å². The van der Waals surface area contributed by atoms with Gasteiger partial charge in [0.15, 0.2) is 0 Å². The molecule has 0 bridgehead atoms. The minimum absolute atomic E-state index is 0. The van der Waals surface area contributed by atoms with E-state index in [0.29, 0.717) is 0 Å². The molecule has 25 valence electrons. The van der Waals surface area contributed by atoms with Gasteiger partial charge in [0, 0.05) is 0 Å². The Balaban J connectivity index is 0. The van der Waals surface area contributed by atoms with Crippen molar-refractivity contribution >= 4 is 15.7 Å². The Morgan fingerprint density at radius 1 is 1.75 bits per heavy atom. The fourth-order valence-electron chi connectivity index (χ4n) is 0. The standard InChI is InChI=1S/FH.GeHO2/c;2-1-3/h1H;2H. The van der Waals surface area contributed by atoms with E-state index in [1.54, 1.807) is 0 Å². The monoisotopic (exact) mass is 127 g/mol. The molecule has 0 heterocycles. The van der Waals surface area contributed by atoms with Crippen LogP contribution in [0.15, 0.2) is 0 Å². The molecule has 4 heteroatoms. The summed E-state index contributed by atoms with van der Waals surface area (Å²) in [6, 6.07) is 0. The molecule has 0 aliphatic heterocycles. The fraction of sp³-hybridized carbons (Fsp3) is 0. The van der Waals surface area contributed by atoms with E-state index in [4.69, 9.17) is 7.91 Å². The SMILES string of the molecule is F.[O]=[Ge][OH]. The third kappa shape index (κ3) is 449. The van der Waals surface area contributed by atoms with E-state index in [9.17, 15) is 0 Å². The first-order valence-electron chi connectivity index (χ1n) is 0.428. The molecule has 1 radical (unpaired) electrons. The number of hydrogen-bond donors (Lipinski definition) is 1. The summed E-state index contributed by atoms with van der Waals surface area (Å²) in [7, 11) is 0. The second-order valence-corrected chi connectivity index (χ2v) is 0.474. The van der Waals surface area contributed by atoms with E-state index in [1.807, 2.05) is 0 Å². The molecule has 0 atom stereocenters. The maximum atomic E-state index is 8.61. The molecule has 0 aromatic rings. The quantitative estimate of drug-likeness (QED) is 0.426. The molecule has 0 amide bonds. The van der Waals surface area contributed by atoms with Gasteiger partial charge in [0.25, 0.3) is 0 Å². The average molecular weight is 126 g/mol. The van der Waals surface area contributed by atoms with E-state index >= 15 is 0 Å². The molecular formula is H2FGeO2. The van der Waals surface area contributed by atoms with Crippen molar-refractivity contribution < 1.29 is 12.6 Å². The van der Waals surface area contributed by atoms with E-state index in [-0.39, 0.29) is 4.70 Å². The molecule has 0 aliphatic rings. The van der Waals surface area contributed by atoms with Crippen molar-refractivity contribution in [2.45, 2.75) is 0 Å². The van der Waals surface area contributed by atoms with Crippen molar-refractivity contribution in [1.82, 2.24) is 0 Å². The van der Waals surface area contributed by atoms with E-state index < -0.39 is 15.7 Å². The van der Waals surface area contributed by atoms with Crippen LogP contribution in [0.4, 0.5) is 4.70 Å². The zero-order chi connectivity index (χ0) is 2.71. The summed E-state index contributed by atoms with van der Waals surface area (Å²) < 4.78 is 15.8. The van der Waals surface area contributed by atoms with E-state index in [2.05, 4.69) is 0 Å². The molecule has 1 N–H and O–H groups in total. The van der Waals surface area contributed by atoms with Gasteiger partial charge in [-0.15, -0.1) is 0 Å². The van der Waals surface area contributed by atoms with Crippen molar-refractivity contribution in [2.75, 3.05) is 0 Å². The van der Waals surface area contributed by atoms with Crippen molar-refractivity contribution in [3.8, 4) is 0 Å². The molecule has 0 rings (SSSR count). The van der Waals surface area contributed by atoms with Crippen LogP contribution in [-0.2, 0) is 3.78 Å². The normalized spacial score (nSPS) is 3.00. The Hall–Kier alpha value is 0.0729. The van der Waals surface area contributed by atoms with Crippen LogP contribution in [0.1, 0.15) is 0 Å². The summed E-state index contributed by atoms with van der Waals surface area (Å²) in [6.45, 7) is 0. The summed E-state index contributed by atoms with van der Waals surface area (Å²) in [5.74, 6) is 0. The Bertz CT molecular complexity index is 13.5. The molecule has 2 nitrogen and oxygen atoms in total. The summed E-state index contributed by atoms with van der Waals surface area (Å²) in [6.07, 6.45) is 0. The molecule has 0 saturated heterocycles. The summed E-state index contributed by atoms with van der Waals surface area (Å²) >= 11 is -1.75. The Kier molecular flexibility index (Phi) is 25.7. The topological polar surface area (TPSA) is 37.3 Å². The molecular weight excluding hydrogens is 124 g/mol. The van der Waals surface area contributed by atoms with Gasteiger partial charge in [0.05, 0.1) is 0 Å². The van der Waals surface area contributed by atoms with Gasteiger partial charge in [-0.25, -0.2) is 0 Å². The average Bonchev–Trinajstić information content (AvgIpc) is 0.918. The Morgan fingerprint density at radius 3 is 1.75 bits per heavy atom. The van der Waals surface area contributed by atoms with Crippen molar-refractivity contribution in [1.29, 1.82) is 0 Å². The van der Waals surface area contributed by atoms with Crippen LogP contribution < -0.4 is 0 Å². The first kappa shape index (κ1) is 8.95. The van der Waals surface area contributed by atoms with Crippen LogP contribution in [0.5, 0.6) is 0 Å². The summed E-state index contributed by atoms with van der Waals surface area (Å²) in [5.41, 5.74) is 0. The molecule has 0 aromatic heterocycles. The molecule has 0 aromatic carbocycles. The van der Waals surface area contributed by atoms with Crippen LogP contribution in [0.2, 0.25) is 0 Å². The van der Waals surface area contributed by atoms with Gasteiger partial charge in [-0.3, -0.25) is 4.70 Å². The zero-order valence-corrected chi connectivity index (χ0v) is 3.86. The third-order valence-electron chi connectivity index (χ3n) is 0. The minimum atomic E-state index is -1.75. The van der Waals surface area contributed by atoms with Gasteiger partial charge in [0.2, 0.25) is 0 Å². The predicted molar refractivity (Wildman–Crippen MR) is 11.2 cm³/mol. The van der Waals surface area contributed by atoms with Crippen molar-refractivity contribution in [3.63, 3.8) is 0 Å². The van der Waals surface area contributed by atoms with Crippen LogP contribution in [0.25, 0.3) is 0 Å². The van der Waals surface area contributed by atoms with Gasteiger partial charge in [-0.05, 0) is 0 Å². The van der Waals surface area contributed by atoms with Gasteiger partial charge in [0.1, 0.15) is 0 Å². The van der Waals surface area contributed by atoms with Crippen LogP contribution in [0.3, 0.4) is 0 Å². The molecule has 0 saturated carbocycles. The molecule has 0 unspecified atom stereocenters. The molecule has 0 fully saturated rings. The van der Waals surface area contributed by atoms with Crippen molar-refractivity contribution in [3.05, 3.63) is 0 Å². The second-order valence-electron chi connectivity index (χ2n) is 0.0913. The second kappa shape index (κ2) is 11.5. The first-order valence-corrected chi connectivity index (χ1v) is 2.22. The zero-order valence-electron chi connectivity index (χ0n) is 1.76. The van der Waals surface area contributed by atoms with E-state index in [0.717, 1.165) is 0 Å². The third-order valence-corrected chi connectivity index (χ3v) is 0. The number of rotatable bonds is 0. The first-order chi connectivity index (χ1) is 1.41. The fourth-order valence-corrected chi connectivity index (χ4v) is 0. The van der Waals surface area contributed by atoms with Crippen molar-refractivity contribution in [2.24, 2.45) is 0 Å². The van der Waals surface area contributed by atoms with E-state index in [1.165, 1.54) is 0 Å². The van der Waals surface area contributed by atoms with Gasteiger partial charge in [-0.2, -0.15) is 0 Å². The molecule has 4 heavy (non-hydrogen) atoms. The predicted octanol–water partition coefficient (Wildman–Crippen LogP) is -0.904. The van der Waals surface area contributed by atoms with Gasteiger partial charge < -0.3 is 0 Å². The van der Waals surface area contributed by atoms with Gasteiger partial charge in [-0.1, -0.05) is 0 Å². The summed E-state index contributed by atoms with van der Waals surface area (Å²) in [5, 5.41) is 0. The van der Waals surface area contributed by atoms with Crippen LogP contribution in [-0.4, -0.2) is 19.8 Å². The molecule has 0 spiro atoms. The number of halogens is 1. The molecule has 0 aliphatic carbocycles.